The van der Waals surface area contributed by atoms with E-state index in [1.54, 1.807) is 28.6 Å². The Kier molecular flexibility index (Phi) is 4.27. The van der Waals surface area contributed by atoms with Crippen molar-refractivity contribution in [1.29, 1.82) is 0 Å². The SMILES string of the molecule is O=S(=O)(c1ccc(Cl)cc1)N1CCC(n2cnc3ccccc32)CC1. The predicted octanol–water partition coefficient (Wildman–Crippen LogP) is 3.72. The fourth-order valence-electron chi connectivity index (χ4n) is 3.39. The zero-order valence-electron chi connectivity index (χ0n) is 13.5. The van der Waals surface area contributed by atoms with Gasteiger partial charge in [0.1, 0.15) is 0 Å². The van der Waals surface area contributed by atoms with Crippen LogP contribution in [0.1, 0.15) is 18.9 Å². The number of nitrogens with zero attached hydrogens (tertiary/aromatic N) is 3. The van der Waals surface area contributed by atoms with Crippen molar-refractivity contribution in [3.8, 4) is 0 Å². The van der Waals surface area contributed by atoms with Crippen LogP contribution in [0.3, 0.4) is 0 Å². The summed E-state index contributed by atoms with van der Waals surface area (Å²) in [7, 11) is -3.46. The van der Waals surface area contributed by atoms with Crippen molar-refractivity contribution in [2.24, 2.45) is 0 Å². The molecule has 0 N–H and O–H groups in total. The number of halogens is 1. The first kappa shape index (κ1) is 16.6. The molecule has 0 unspecified atom stereocenters. The summed E-state index contributed by atoms with van der Waals surface area (Å²) in [6.07, 6.45) is 3.40. The van der Waals surface area contributed by atoms with Gasteiger partial charge in [-0.25, -0.2) is 13.4 Å². The van der Waals surface area contributed by atoms with Crippen molar-refractivity contribution >= 4 is 32.7 Å². The van der Waals surface area contributed by atoms with E-state index in [0.29, 0.717) is 23.0 Å². The molecule has 0 saturated carbocycles. The molecule has 1 saturated heterocycles. The highest BCUT2D eigenvalue weighted by atomic mass is 35.5. The molecule has 1 fully saturated rings. The lowest BCUT2D eigenvalue weighted by molar-refractivity contribution is 0.277. The van der Waals surface area contributed by atoms with Gasteiger partial charge in [0, 0.05) is 24.2 Å². The number of rotatable bonds is 3. The third kappa shape index (κ3) is 3.05. The number of hydrogen-bond donors (Lipinski definition) is 0. The minimum atomic E-state index is -3.46. The Bertz CT molecular complexity index is 991. The quantitative estimate of drug-likeness (QED) is 0.701. The summed E-state index contributed by atoms with van der Waals surface area (Å²) in [4.78, 5) is 4.73. The monoisotopic (exact) mass is 375 g/mol. The Morgan fingerprint density at radius 3 is 2.40 bits per heavy atom. The van der Waals surface area contributed by atoms with E-state index in [1.165, 1.54) is 0 Å². The van der Waals surface area contributed by atoms with Crippen molar-refractivity contribution in [3.05, 3.63) is 59.9 Å². The van der Waals surface area contributed by atoms with Gasteiger partial charge >= 0.3 is 0 Å². The summed E-state index contributed by atoms with van der Waals surface area (Å²) in [5, 5.41) is 0.532. The first-order valence-corrected chi connectivity index (χ1v) is 10.0. The Balaban J connectivity index is 1.52. The standard InChI is InChI=1S/C18H18ClN3O2S/c19-14-5-7-16(8-6-14)25(23,24)21-11-9-15(10-12-21)22-13-20-17-3-1-2-4-18(17)22/h1-8,13,15H,9-12H2. The van der Waals surface area contributed by atoms with Crippen LogP contribution in [-0.4, -0.2) is 35.4 Å². The van der Waals surface area contributed by atoms with Crippen LogP contribution in [0.5, 0.6) is 0 Å². The molecule has 25 heavy (non-hydrogen) atoms. The van der Waals surface area contributed by atoms with Crippen molar-refractivity contribution in [2.75, 3.05) is 13.1 Å². The van der Waals surface area contributed by atoms with Gasteiger partial charge in [-0.1, -0.05) is 23.7 Å². The molecule has 0 bridgehead atoms. The molecule has 1 aliphatic rings. The minimum Gasteiger partial charge on any atom is -0.327 e. The Hall–Kier alpha value is -1.89. The first-order chi connectivity index (χ1) is 12.1. The van der Waals surface area contributed by atoms with Gasteiger partial charge in [-0.15, -0.1) is 0 Å². The molecular formula is C18H18ClN3O2S. The fraction of sp³-hybridized carbons (Fsp3) is 0.278. The van der Waals surface area contributed by atoms with Gasteiger partial charge in [0.15, 0.2) is 0 Å². The molecule has 5 nitrogen and oxygen atoms in total. The van der Waals surface area contributed by atoms with Crippen molar-refractivity contribution < 1.29 is 8.42 Å². The number of piperidine rings is 1. The predicted molar refractivity (Wildman–Crippen MR) is 98.2 cm³/mol. The van der Waals surface area contributed by atoms with E-state index in [4.69, 9.17) is 11.6 Å². The van der Waals surface area contributed by atoms with Gasteiger partial charge in [0.25, 0.3) is 0 Å². The molecule has 1 aromatic heterocycles. The maximum absolute atomic E-state index is 12.8. The second-order valence-electron chi connectivity index (χ2n) is 6.23. The normalized spacial score (nSPS) is 17.2. The van der Waals surface area contributed by atoms with Crippen molar-refractivity contribution in [3.63, 3.8) is 0 Å². The highest BCUT2D eigenvalue weighted by Crippen LogP contribution is 2.29. The van der Waals surface area contributed by atoms with Gasteiger partial charge < -0.3 is 4.57 Å². The molecule has 0 amide bonds. The number of aromatic nitrogens is 2. The van der Waals surface area contributed by atoms with Crippen LogP contribution >= 0.6 is 11.6 Å². The number of imidazole rings is 1. The number of para-hydroxylation sites is 2. The Morgan fingerprint density at radius 1 is 1.00 bits per heavy atom. The Labute approximate surface area is 151 Å². The highest BCUT2D eigenvalue weighted by molar-refractivity contribution is 7.89. The second-order valence-corrected chi connectivity index (χ2v) is 8.60. The molecule has 3 aromatic rings. The highest BCUT2D eigenvalue weighted by Gasteiger charge is 2.30. The summed E-state index contributed by atoms with van der Waals surface area (Å²) >= 11 is 5.85. The van der Waals surface area contributed by atoms with E-state index >= 15 is 0 Å². The summed E-state index contributed by atoms with van der Waals surface area (Å²) in [6.45, 7) is 1.00. The van der Waals surface area contributed by atoms with Crippen LogP contribution in [-0.2, 0) is 10.0 Å². The number of hydrogen-bond acceptors (Lipinski definition) is 3. The van der Waals surface area contributed by atoms with E-state index in [0.717, 1.165) is 23.9 Å². The molecule has 1 aliphatic heterocycles. The van der Waals surface area contributed by atoms with Gasteiger partial charge in [-0.3, -0.25) is 0 Å². The second kappa shape index (κ2) is 6.44. The van der Waals surface area contributed by atoms with E-state index in [1.807, 2.05) is 24.5 Å². The Morgan fingerprint density at radius 2 is 1.68 bits per heavy atom. The molecule has 130 valence electrons. The maximum atomic E-state index is 12.8. The largest absolute Gasteiger partial charge is 0.327 e. The van der Waals surface area contributed by atoms with Gasteiger partial charge in [0.05, 0.1) is 22.3 Å². The van der Waals surface area contributed by atoms with Crippen molar-refractivity contribution in [2.45, 2.75) is 23.8 Å². The number of fused-ring (bicyclic) bond motifs is 1. The molecule has 0 aliphatic carbocycles. The van der Waals surface area contributed by atoms with Crippen LogP contribution in [0, 0.1) is 0 Å². The molecule has 7 heteroatoms. The topological polar surface area (TPSA) is 55.2 Å². The summed E-state index contributed by atoms with van der Waals surface area (Å²) < 4.78 is 29.3. The average molecular weight is 376 g/mol. The van der Waals surface area contributed by atoms with E-state index in [9.17, 15) is 8.42 Å². The third-order valence-electron chi connectivity index (χ3n) is 4.75. The molecule has 0 radical (unpaired) electrons. The summed E-state index contributed by atoms with van der Waals surface area (Å²) in [5.41, 5.74) is 2.07. The van der Waals surface area contributed by atoms with E-state index in [2.05, 4.69) is 15.6 Å². The lowest BCUT2D eigenvalue weighted by Crippen LogP contribution is -2.38. The summed E-state index contributed by atoms with van der Waals surface area (Å²) in [5.74, 6) is 0. The molecule has 4 rings (SSSR count). The van der Waals surface area contributed by atoms with Crippen molar-refractivity contribution in [1.82, 2.24) is 13.9 Å². The van der Waals surface area contributed by atoms with Gasteiger partial charge in [-0.2, -0.15) is 4.31 Å². The van der Waals surface area contributed by atoms with E-state index < -0.39 is 10.0 Å². The maximum Gasteiger partial charge on any atom is 0.243 e. The molecule has 0 spiro atoms. The zero-order chi connectivity index (χ0) is 17.4. The van der Waals surface area contributed by atoms with Gasteiger partial charge in [-0.05, 0) is 49.2 Å². The zero-order valence-corrected chi connectivity index (χ0v) is 15.1. The smallest absolute Gasteiger partial charge is 0.243 e. The molecular weight excluding hydrogens is 358 g/mol. The third-order valence-corrected chi connectivity index (χ3v) is 6.91. The number of sulfonamides is 1. The fourth-order valence-corrected chi connectivity index (χ4v) is 4.98. The van der Waals surface area contributed by atoms with Crippen LogP contribution in [0.2, 0.25) is 5.02 Å². The lowest BCUT2D eigenvalue weighted by atomic mass is 10.1. The van der Waals surface area contributed by atoms with Gasteiger partial charge in [0.2, 0.25) is 10.0 Å². The molecule has 2 aromatic carbocycles. The van der Waals surface area contributed by atoms with Crippen LogP contribution in [0.15, 0.2) is 59.8 Å². The first-order valence-electron chi connectivity index (χ1n) is 8.23. The lowest BCUT2D eigenvalue weighted by Gasteiger charge is -2.32. The molecule has 2 heterocycles. The van der Waals surface area contributed by atoms with Crippen LogP contribution < -0.4 is 0 Å². The average Bonchev–Trinajstić information content (AvgIpc) is 3.06. The van der Waals surface area contributed by atoms with Crippen LogP contribution in [0.4, 0.5) is 0 Å². The number of benzene rings is 2. The minimum absolute atomic E-state index is 0.268. The summed E-state index contributed by atoms with van der Waals surface area (Å²) in [6, 6.07) is 14.6. The van der Waals surface area contributed by atoms with Crippen LogP contribution in [0.25, 0.3) is 11.0 Å². The molecule has 0 atom stereocenters. The van der Waals surface area contributed by atoms with E-state index in [-0.39, 0.29) is 6.04 Å².